The van der Waals surface area contributed by atoms with Gasteiger partial charge >= 0.3 is 5.97 Å². The monoisotopic (exact) mass is 368 g/mol. The summed E-state index contributed by atoms with van der Waals surface area (Å²) in [5.41, 5.74) is 0. The van der Waals surface area contributed by atoms with E-state index in [1.165, 1.54) is 6.07 Å². The highest BCUT2D eigenvalue weighted by atomic mass is 35.5. The number of hydrogen-bond donors (Lipinski definition) is 3. The van der Waals surface area contributed by atoms with Gasteiger partial charge in [0.25, 0.3) is 0 Å². The van der Waals surface area contributed by atoms with Crippen LogP contribution >= 0.6 is 11.6 Å². The summed E-state index contributed by atoms with van der Waals surface area (Å²) in [7, 11) is 0. The topological polar surface area (TPSA) is 87.0 Å². The molecule has 1 aliphatic carbocycles. The Morgan fingerprint density at radius 3 is 2.84 bits per heavy atom. The second kappa shape index (κ2) is 9.68. The summed E-state index contributed by atoms with van der Waals surface area (Å²) in [6.07, 6.45) is 6.26. The van der Waals surface area contributed by atoms with Crippen LogP contribution < -0.4 is 4.74 Å². The Kier molecular flexibility index (Phi) is 7.59. The molecule has 1 aromatic rings. The SMILES string of the molecule is O=C(O)CCC/C=C\C[C@@H]1[C@@H](COc2cccc(O)c2)[C@H](O)C[C@H]1Cl. The van der Waals surface area contributed by atoms with E-state index < -0.39 is 12.1 Å². The average molecular weight is 369 g/mol. The molecule has 1 aromatic carbocycles. The molecule has 5 nitrogen and oxygen atoms in total. The Hall–Kier alpha value is -1.72. The molecule has 0 amide bonds. The van der Waals surface area contributed by atoms with E-state index in [1.54, 1.807) is 18.2 Å². The van der Waals surface area contributed by atoms with Crippen LogP contribution in [0.3, 0.4) is 0 Å². The molecule has 4 atom stereocenters. The minimum absolute atomic E-state index is 0.0754. The van der Waals surface area contributed by atoms with E-state index in [9.17, 15) is 15.0 Å². The van der Waals surface area contributed by atoms with Crippen LogP contribution in [0.2, 0.25) is 0 Å². The minimum atomic E-state index is -0.780. The fourth-order valence-corrected chi connectivity index (χ4v) is 3.67. The molecule has 0 radical (unpaired) electrons. The molecule has 0 saturated heterocycles. The lowest BCUT2D eigenvalue weighted by molar-refractivity contribution is -0.137. The third kappa shape index (κ3) is 6.25. The van der Waals surface area contributed by atoms with Gasteiger partial charge in [0.1, 0.15) is 11.5 Å². The molecule has 138 valence electrons. The van der Waals surface area contributed by atoms with Crippen molar-refractivity contribution in [2.45, 2.75) is 43.6 Å². The molecular formula is C19H25ClO5. The van der Waals surface area contributed by atoms with Gasteiger partial charge in [-0.3, -0.25) is 4.79 Å². The Bertz CT molecular complexity index is 589. The van der Waals surface area contributed by atoms with Crippen molar-refractivity contribution in [3.05, 3.63) is 36.4 Å². The van der Waals surface area contributed by atoms with Crippen molar-refractivity contribution in [2.24, 2.45) is 11.8 Å². The fraction of sp³-hybridized carbons (Fsp3) is 0.526. The summed E-state index contributed by atoms with van der Waals surface area (Å²) in [6, 6.07) is 6.58. The molecule has 1 fully saturated rings. The largest absolute Gasteiger partial charge is 0.508 e. The Balaban J connectivity index is 1.84. The lowest BCUT2D eigenvalue weighted by Crippen LogP contribution is -2.27. The number of carboxylic acids is 1. The van der Waals surface area contributed by atoms with Gasteiger partial charge in [-0.2, -0.15) is 0 Å². The predicted octanol–water partition coefficient (Wildman–Crippen LogP) is 3.58. The molecule has 1 saturated carbocycles. The maximum atomic E-state index is 10.5. The van der Waals surface area contributed by atoms with Crippen molar-refractivity contribution in [1.29, 1.82) is 0 Å². The van der Waals surface area contributed by atoms with E-state index in [1.807, 2.05) is 12.2 Å². The number of phenols is 1. The predicted molar refractivity (Wildman–Crippen MR) is 96.1 cm³/mol. The number of alkyl halides is 1. The molecule has 2 rings (SSSR count). The number of carbonyl (C=O) groups is 1. The summed E-state index contributed by atoms with van der Waals surface area (Å²) in [4.78, 5) is 10.5. The highest BCUT2D eigenvalue weighted by molar-refractivity contribution is 6.21. The highest BCUT2D eigenvalue weighted by Crippen LogP contribution is 2.39. The third-order valence-electron chi connectivity index (χ3n) is 4.57. The molecule has 3 N–H and O–H groups in total. The van der Waals surface area contributed by atoms with Gasteiger partial charge in [0, 0.05) is 23.8 Å². The van der Waals surface area contributed by atoms with E-state index in [2.05, 4.69) is 0 Å². The second-order valence-corrected chi connectivity index (χ2v) is 7.01. The number of hydrogen-bond acceptors (Lipinski definition) is 4. The van der Waals surface area contributed by atoms with Crippen LogP contribution in [0, 0.1) is 11.8 Å². The van der Waals surface area contributed by atoms with Crippen LogP contribution in [-0.2, 0) is 4.79 Å². The normalized spacial score (nSPS) is 26.2. The second-order valence-electron chi connectivity index (χ2n) is 6.45. The van der Waals surface area contributed by atoms with Crippen LogP contribution in [0.5, 0.6) is 11.5 Å². The van der Waals surface area contributed by atoms with Gasteiger partial charge in [0.2, 0.25) is 0 Å². The minimum Gasteiger partial charge on any atom is -0.508 e. The maximum Gasteiger partial charge on any atom is 0.303 e. The third-order valence-corrected chi connectivity index (χ3v) is 5.07. The lowest BCUT2D eigenvalue weighted by atomic mass is 9.92. The molecule has 0 bridgehead atoms. The molecular weight excluding hydrogens is 344 g/mol. The van der Waals surface area contributed by atoms with Crippen molar-refractivity contribution >= 4 is 17.6 Å². The van der Waals surface area contributed by atoms with Gasteiger partial charge in [0.05, 0.1) is 12.7 Å². The van der Waals surface area contributed by atoms with Crippen LogP contribution in [0.15, 0.2) is 36.4 Å². The van der Waals surface area contributed by atoms with Gasteiger partial charge in [-0.1, -0.05) is 18.2 Å². The van der Waals surface area contributed by atoms with Crippen molar-refractivity contribution in [2.75, 3.05) is 6.61 Å². The first kappa shape index (κ1) is 19.6. The Morgan fingerprint density at radius 2 is 2.12 bits per heavy atom. The zero-order chi connectivity index (χ0) is 18.2. The number of ether oxygens (including phenoxy) is 1. The van der Waals surface area contributed by atoms with Crippen LogP contribution in [0.4, 0.5) is 0 Å². The van der Waals surface area contributed by atoms with E-state index in [4.69, 9.17) is 21.4 Å². The number of aliphatic hydroxyl groups is 1. The number of aromatic hydroxyl groups is 1. The first-order chi connectivity index (χ1) is 12.0. The summed E-state index contributed by atoms with van der Waals surface area (Å²) >= 11 is 6.39. The number of allylic oxidation sites excluding steroid dienone is 2. The summed E-state index contributed by atoms with van der Waals surface area (Å²) < 4.78 is 5.72. The zero-order valence-corrected chi connectivity index (χ0v) is 14.8. The number of carboxylic acid groups (broad SMARTS) is 1. The molecule has 6 heteroatoms. The maximum absolute atomic E-state index is 10.5. The van der Waals surface area contributed by atoms with E-state index in [0.29, 0.717) is 25.2 Å². The summed E-state index contributed by atoms with van der Waals surface area (Å²) in [5.74, 6) is -0.0516. The Labute approximate surface area is 152 Å². The van der Waals surface area contributed by atoms with Crippen molar-refractivity contribution in [1.82, 2.24) is 0 Å². The highest BCUT2D eigenvalue weighted by Gasteiger charge is 2.41. The summed E-state index contributed by atoms with van der Waals surface area (Å²) in [5, 5.41) is 28.2. The molecule has 25 heavy (non-hydrogen) atoms. The number of phenolic OH excluding ortho intramolecular Hbond substituents is 1. The first-order valence-corrected chi connectivity index (χ1v) is 9.01. The van der Waals surface area contributed by atoms with Gasteiger partial charge in [-0.25, -0.2) is 0 Å². The average Bonchev–Trinajstić information content (AvgIpc) is 2.82. The summed E-state index contributed by atoms with van der Waals surface area (Å²) in [6.45, 7) is 0.339. The number of halogens is 1. The number of rotatable bonds is 9. The molecule has 0 aliphatic heterocycles. The zero-order valence-electron chi connectivity index (χ0n) is 14.1. The molecule has 0 heterocycles. The van der Waals surface area contributed by atoms with Crippen molar-refractivity contribution < 1.29 is 24.9 Å². The van der Waals surface area contributed by atoms with E-state index in [0.717, 1.165) is 12.8 Å². The molecule has 1 aliphatic rings. The Morgan fingerprint density at radius 1 is 1.32 bits per heavy atom. The number of aliphatic hydroxyl groups excluding tert-OH is 1. The van der Waals surface area contributed by atoms with Crippen molar-refractivity contribution in [3.8, 4) is 11.5 Å². The van der Waals surface area contributed by atoms with Gasteiger partial charge in [0.15, 0.2) is 0 Å². The van der Waals surface area contributed by atoms with Gasteiger partial charge < -0.3 is 20.1 Å². The number of unbranched alkanes of at least 4 members (excludes halogenated alkanes) is 1. The fourth-order valence-electron chi connectivity index (χ4n) is 3.20. The molecule has 0 unspecified atom stereocenters. The molecule has 0 spiro atoms. The lowest BCUT2D eigenvalue weighted by Gasteiger charge is -2.22. The quantitative estimate of drug-likeness (QED) is 0.352. The number of benzene rings is 1. The van der Waals surface area contributed by atoms with Gasteiger partial charge in [-0.15, -0.1) is 11.6 Å². The first-order valence-electron chi connectivity index (χ1n) is 8.58. The standard InChI is InChI=1S/C19H25ClO5/c20-17-11-18(22)16(12-25-14-7-5-6-13(21)10-14)15(17)8-3-1-2-4-9-19(23)24/h1,3,5-7,10,15-18,21-22H,2,4,8-9,11-12H2,(H,23,24)/b3-1-/t15-,16-,17-,18-/m1/s1. The van der Waals surface area contributed by atoms with Crippen LogP contribution in [0.25, 0.3) is 0 Å². The van der Waals surface area contributed by atoms with E-state index in [-0.39, 0.29) is 29.4 Å². The number of aliphatic carboxylic acids is 1. The smallest absolute Gasteiger partial charge is 0.303 e. The van der Waals surface area contributed by atoms with Crippen molar-refractivity contribution in [3.63, 3.8) is 0 Å². The van der Waals surface area contributed by atoms with Crippen LogP contribution in [-0.4, -0.2) is 39.4 Å². The van der Waals surface area contributed by atoms with Crippen LogP contribution in [0.1, 0.15) is 32.1 Å². The van der Waals surface area contributed by atoms with E-state index >= 15 is 0 Å². The molecule has 0 aromatic heterocycles. The van der Waals surface area contributed by atoms with Gasteiger partial charge in [-0.05, 0) is 43.7 Å².